The lowest BCUT2D eigenvalue weighted by molar-refractivity contribution is 0.283. The molecule has 0 saturated heterocycles. The van der Waals surface area contributed by atoms with Gasteiger partial charge in [0.25, 0.3) is 5.56 Å². The van der Waals surface area contributed by atoms with E-state index in [1.165, 1.54) is 0 Å². The Hall–Kier alpha value is -2.98. The van der Waals surface area contributed by atoms with Gasteiger partial charge >= 0.3 is 0 Å². The monoisotopic (exact) mass is 300 g/mol. The molecule has 0 radical (unpaired) electrons. The molecule has 3 aromatic carbocycles. The third-order valence-electron chi connectivity index (χ3n) is 4.54. The van der Waals surface area contributed by atoms with Crippen LogP contribution in [-0.4, -0.2) is 14.5 Å². The van der Waals surface area contributed by atoms with Crippen LogP contribution >= 0.6 is 0 Å². The van der Waals surface area contributed by atoms with Gasteiger partial charge in [0, 0.05) is 16.2 Å². The summed E-state index contributed by atoms with van der Waals surface area (Å²) in [6.07, 6.45) is 0. The normalized spacial score (nSPS) is 12.0. The van der Waals surface area contributed by atoms with Gasteiger partial charge in [-0.3, -0.25) is 9.20 Å². The van der Waals surface area contributed by atoms with Crippen molar-refractivity contribution in [3.63, 3.8) is 0 Å². The summed E-state index contributed by atoms with van der Waals surface area (Å²) >= 11 is 0. The van der Waals surface area contributed by atoms with E-state index in [1.807, 2.05) is 48.5 Å². The molecule has 0 aliphatic heterocycles. The molecule has 5 rings (SSSR count). The average Bonchev–Trinajstić information content (AvgIpc) is 2.99. The van der Waals surface area contributed by atoms with Crippen molar-refractivity contribution in [2.24, 2.45) is 0 Å². The van der Waals surface area contributed by atoms with Crippen LogP contribution in [0.3, 0.4) is 0 Å². The number of aliphatic hydroxyl groups excluding tert-OH is 1. The number of aliphatic hydroxyl groups is 1. The molecule has 0 bridgehead atoms. The van der Waals surface area contributed by atoms with E-state index >= 15 is 0 Å². The zero-order chi connectivity index (χ0) is 15.6. The largest absolute Gasteiger partial charge is 0.392 e. The highest BCUT2D eigenvalue weighted by molar-refractivity contribution is 6.16. The van der Waals surface area contributed by atoms with Crippen LogP contribution in [0.5, 0.6) is 0 Å². The van der Waals surface area contributed by atoms with Gasteiger partial charge in [-0.2, -0.15) is 0 Å². The van der Waals surface area contributed by atoms with Gasteiger partial charge in [-0.05, 0) is 29.1 Å². The fraction of sp³-hybridized carbons (Fsp3) is 0.0526. The van der Waals surface area contributed by atoms with E-state index in [2.05, 4.69) is 4.98 Å². The molecular weight excluding hydrogens is 288 g/mol. The molecule has 0 amide bonds. The zero-order valence-electron chi connectivity index (χ0n) is 12.2. The maximum absolute atomic E-state index is 13.0. The minimum absolute atomic E-state index is 0.0508. The van der Waals surface area contributed by atoms with Gasteiger partial charge in [-0.1, -0.05) is 36.4 Å². The average molecular weight is 300 g/mol. The molecule has 0 saturated carbocycles. The van der Waals surface area contributed by atoms with Crippen molar-refractivity contribution in [3.05, 3.63) is 70.5 Å². The number of aromatic nitrogens is 2. The maximum Gasteiger partial charge on any atom is 0.264 e. The SMILES string of the molecule is O=c1c2ccc(CO)c3cccc(c32)c2nc3ccccc3n12. The molecule has 2 aromatic heterocycles. The lowest BCUT2D eigenvalue weighted by Crippen LogP contribution is -2.13. The van der Waals surface area contributed by atoms with E-state index in [9.17, 15) is 9.90 Å². The van der Waals surface area contributed by atoms with Crippen molar-refractivity contribution < 1.29 is 5.11 Å². The fourth-order valence-electron chi connectivity index (χ4n) is 3.50. The van der Waals surface area contributed by atoms with Gasteiger partial charge in [-0.15, -0.1) is 0 Å². The van der Waals surface area contributed by atoms with Crippen LogP contribution in [0.4, 0.5) is 0 Å². The summed E-state index contributed by atoms with van der Waals surface area (Å²) in [6.45, 7) is -0.0508. The van der Waals surface area contributed by atoms with Crippen LogP contribution in [0.1, 0.15) is 5.56 Å². The molecule has 0 aliphatic carbocycles. The number of nitrogens with zero attached hydrogens (tertiary/aromatic N) is 2. The first-order valence-corrected chi connectivity index (χ1v) is 7.47. The van der Waals surface area contributed by atoms with Crippen molar-refractivity contribution in [2.75, 3.05) is 0 Å². The van der Waals surface area contributed by atoms with Crippen LogP contribution in [0, 0.1) is 0 Å². The Morgan fingerprint density at radius 3 is 2.61 bits per heavy atom. The molecule has 2 heterocycles. The molecule has 5 aromatic rings. The Kier molecular flexibility index (Phi) is 2.33. The van der Waals surface area contributed by atoms with Gasteiger partial charge in [0.2, 0.25) is 0 Å². The highest BCUT2D eigenvalue weighted by Crippen LogP contribution is 2.31. The summed E-state index contributed by atoms with van der Waals surface area (Å²) < 4.78 is 1.69. The predicted molar refractivity (Wildman–Crippen MR) is 91.1 cm³/mol. The third kappa shape index (κ3) is 1.48. The molecule has 4 nitrogen and oxygen atoms in total. The first kappa shape index (κ1) is 12.6. The standard InChI is InChI=1S/C19H12N2O2/c22-10-11-8-9-14-17-12(11)4-3-5-13(17)18-20-15-6-1-2-7-16(15)21(18)19(14)23/h1-9,22H,10H2. The van der Waals surface area contributed by atoms with Crippen molar-refractivity contribution >= 4 is 38.2 Å². The second-order valence-electron chi connectivity index (χ2n) is 5.72. The molecule has 23 heavy (non-hydrogen) atoms. The quantitative estimate of drug-likeness (QED) is 0.517. The number of fused-ring (bicyclic) bond motifs is 4. The lowest BCUT2D eigenvalue weighted by Gasteiger charge is -2.09. The van der Waals surface area contributed by atoms with Crippen LogP contribution in [0.25, 0.3) is 38.2 Å². The molecule has 4 heteroatoms. The van der Waals surface area contributed by atoms with Gasteiger partial charge in [0.15, 0.2) is 0 Å². The topological polar surface area (TPSA) is 54.6 Å². The number of pyridine rings is 1. The summed E-state index contributed by atoms with van der Waals surface area (Å²) in [7, 11) is 0. The van der Waals surface area contributed by atoms with Gasteiger partial charge < -0.3 is 5.11 Å². The Labute approximate surface area is 130 Å². The Morgan fingerprint density at radius 1 is 0.913 bits per heavy atom. The summed E-state index contributed by atoms with van der Waals surface area (Å²) in [5, 5.41) is 13.0. The number of rotatable bonds is 1. The van der Waals surface area contributed by atoms with Gasteiger partial charge in [-0.25, -0.2) is 4.98 Å². The van der Waals surface area contributed by atoms with E-state index in [-0.39, 0.29) is 12.2 Å². The Morgan fingerprint density at radius 2 is 1.74 bits per heavy atom. The maximum atomic E-state index is 13.0. The first-order chi connectivity index (χ1) is 11.3. The minimum atomic E-state index is -0.0677. The number of benzene rings is 3. The highest BCUT2D eigenvalue weighted by atomic mass is 16.3. The number of imidazole rings is 1. The first-order valence-electron chi connectivity index (χ1n) is 7.47. The molecule has 0 aliphatic rings. The third-order valence-corrected chi connectivity index (χ3v) is 4.54. The highest BCUT2D eigenvalue weighted by Gasteiger charge is 2.16. The zero-order valence-corrected chi connectivity index (χ0v) is 12.2. The van der Waals surface area contributed by atoms with Crippen LogP contribution in [0.2, 0.25) is 0 Å². The molecular formula is C19H12N2O2. The molecule has 0 fully saturated rings. The molecule has 0 spiro atoms. The van der Waals surface area contributed by atoms with Crippen LogP contribution in [0.15, 0.2) is 59.4 Å². The van der Waals surface area contributed by atoms with Crippen molar-refractivity contribution in [1.29, 1.82) is 0 Å². The Bertz CT molecular complexity index is 1270. The van der Waals surface area contributed by atoms with E-state index < -0.39 is 0 Å². The molecule has 0 unspecified atom stereocenters. The van der Waals surface area contributed by atoms with E-state index in [0.717, 1.165) is 32.8 Å². The smallest absolute Gasteiger partial charge is 0.264 e. The van der Waals surface area contributed by atoms with E-state index in [1.54, 1.807) is 10.5 Å². The summed E-state index contributed by atoms with van der Waals surface area (Å²) in [5.74, 6) is 0. The lowest BCUT2D eigenvalue weighted by atomic mass is 9.98. The summed E-state index contributed by atoms with van der Waals surface area (Å²) in [4.78, 5) is 17.7. The Balaban J connectivity index is 2.19. The predicted octanol–water partition coefficient (Wildman–Crippen LogP) is 3.08. The van der Waals surface area contributed by atoms with Gasteiger partial charge in [0.05, 0.1) is 17.6 Å². The van der Waals surface area contributed by atoms with Crippen molar-refractivity contribution in [2.45, 2.75) is 6.61 Å². The van der Waals surface area contributed by atoms with Crippen molar-refractivity contribution in [1.82, 2.24) is 9.38 Å². The van der Waals surface area contributed by atoms with Crippen LogP contribution in [-0.2, 0) is 6.61 Å². The number of hydrogen-bond donors (Lipinski definition) is 1. The van der Waals surface area contributed by atoms with Gasteiger partial charge in [0.1, 0.15) is 5.65 Å². The fourth-order valence-corrected chi connectivity index (χ4v) is 3.50. The molecule has 0 atom stereocenters. The second-order valence-corrected chi connectivity index (χ2v) is 5.72. The number of para-hydroxylation sites is 2. The van der Waals surface area contributed by atoms with Crippen molar-refractivity contribution in [3.8, 4) is 0 Å². The van der Waals surface area contributed by atoms with E-state index in [4.69, 9.17) is 0 Å². The molecule has 110 valence electrons. The number of hydrogen-bond acceptors (Lipinski definition) is 3. The second kappa shape index (κ2) is 4.27. The van der Waals surface area contributed by atoms with E-state index in [0.29, 0.717) is 11.0 Å². The van der Waals surface area contributed by atoms with Crippen LogP contribution < -0.4 is 5.56 Å². The minimum Gasteiger partial charge on any atom is -0.392 e. The molecule has 1 N–H and O–H groups in total. The summed E-state index contributed by atoms with van der Waals surface area (Å²) in [5.41, 5.74) is 3.05. The summed E-state index contributed by atoms with van der Waals surface area (Å²) in [6, 6.07) is 17.2.